The van der Waals surface area contributed by atoms with Gasteiger partial charge in [-0.1, -0.05) is 0 Å². The van der Waals surface area contributed by atoms with Crippen LogP contribution in [0.15, 0.2) is 28.4 Å². The summed E-state index contributed by atoms with van der Waals surface area (Å²) in [6, 6.07) is 4.18. The number of azo groups is 1. The molecule has 4 bridgehead atoms. The van der Waals surface area contributed by atoms with Gasteiger partial charge in [0.1, 0.15) is 0 Å². The molecule has 0 spiro atoms. The van der Waals surface area contributed by atoms with Gasteiger partial charge in [-0.3, -0.25) is 14.9 Å². The van der Waals surface area contributed by atoms with Crippen molar-refractivity contribution in [2.45, 2.75) is 38.5 Å². The highest BCUT2D eigenvalue weighted by molar-refractivity contribution is 5.96. The Kier molecular flexibility index (Phi) is 3.41. The van der Waals surface area contributed by atoms with E-state index >= 15 is 0 Å². The largest absolute Gasteiger partial charge is 0.493 e. The van der Waals surface area contributed by atoms with Crippen molar-refractivity contribution in [3.8, 4) is 5.88 Å². The van der Waals surface area contributed by atoms with E-state index < -0.39 is 10.3 Å². The van der Waals surface area contributed by atoms with Crippen LogP contribution in [0.2, 0.25) is 0 Å². The number of nitrogens with one attached hydrogen (secondary N) is 1. The first-order chi connectivity index (χ1) is 12.9. The van der Waals surface area contributed by atoms with Crippen LogP contribution in [0.5, 0.6) is 5.88 Å². The van der Waals surface area contributed by atoms with Crippen molar-refractivity contribution < 1.29 is 14.8 Å². The number of non-ortho nitro benzene ring substituents is 1. The Morgan fingerprint density at radius 3 is 2.41 bits per heavy atom. The standard InChI is InChI=1S/C19H20N4O4/c24-17-16(14-6-13(23(26)27)1-2-15(14)20-17)21-22-18(25)19-7-10-3-11(8-19)5-12(4-10)9-19/h1-2,6,10-12,20,24H,3-5,7-9H2. The second kappa shape index (κ2) is 5.61. The van der Waals surface area contributed by atoms with Crippen molar-refractivity contribution in [3.63, 3.8) is 0 Å². The number of aromatic nitrogens is 1. The molecule has 0 unspecified atom stereocenters. The van der Waals surface area contributed by atoms with Crippen LogP contribution in [-0.4, -0.2) is 20.9 Å². The zero-order chi connectivity index (χ0) is 18.8. The van der Waals surface area contributed by atoms with Crippen molar-refractivity contribution in [1.82, 2.24) is 4.98 Å². The molecule has 1 amide bonds. The number of nitrogens with zero attached hydrogens (tertiary/aromatic N) is 3. The van der Waals surface area contributed by atoms with Crippen molar-refractivity contribution in [2.24, 2.45) is 33.4 Å². The lowest BCUT2D eigenvalue weighted by Gasteiger charge is -2.54. The zero-order valence-corrected chi connectivity index (χ0v) is 14.7. The van der Waals surface area contributed by atoms with E-state index in [1.165, 1.54) is 37.5 Å². The molecule has 0 saturated heterocycles. The maximum Gasteiger partial charge on any atom is 0.270 e. The van der Waals surface area contributed by atoms with Crippen LogP contribution >= 0.6 is 0 Å². The molecule has 1 heterocycles. The fourth-order valence-electron chi connectivity index (χ4n) is 5.94. The van der Waals surface area contributed by atoms with E-state index in [2.05, 4.69) is 15.2 Å². The number of nitro benzene ring substituents is 1. The number of rotatable bonds is 3. The third kappa shape index (κ3) is 2.54. The molecule has 0 atom stereocenters. The van der Waals surface area contributed by atoms with Crippen molar-refractivity contribution >= 4 is 28.2 Å². The number of hydrogen-bond donors (Lipinski definition) is 2. The summed E-state index contributed by atoms with van der Waals surface area (Å²) in [5.74, 6) is 1.42. The normalized spacial score (nSPS) is 31.8. The monoisotopic (exact) mass is 368 g/mol. The number of hydrogen-bond acceptors (Lipinski definition) is 5. The molecular formula is C19H20N4O4. The van der Waals surface area contributed by atoms with Gasteiger partial charge in [-0.05, 0) is 62.3 Å². The molecule has 1 aromatic carbocycles. The average Bonchev–Trinajstić information content (AvgIpc) is 2.92. The number of carbonyl (C=O) groups excluding carboxylic acids is 1. The van der Waals surface area contributed by atoms with Gasteiger partial charge in [0.25, 0.3) is 11.6 Å². The van der Waals surface area contributed by atoms with E-state index in [9.17, 15) is 20.0 Å². The molecule has 8 nitrogen and oxygen atoms in total. The van der Waals surface area contributed by atoms with E-state index in [-0.39, 0.29) is 23.2 Å². The lowest BCUT2D eigenvalue weighted by molar-refractivity contribution is -0.384. The average molecular weight is 368 g/mol. The molecule has 6 rings (SSSR count). The highest BCUT2D eigenvalue weighted by Crippen LogP contribution is 2.60. The van der Waals surface area contributed by atoms with Crippen LogP contribution in [0, 0.1) is 33.3 Å². The minimum atomic E-state index is -0.509. The predicted molar refractivity (Wildman–Crippen MR) is 96.7 cm³/mol. The van der Waals surface area contributed by atoms with E-state index in [0.717, 1.165) is 19.3 Å². The number of fused-ring (bicyclic) bond motifs is 1. The van der Waals surface area contributed by atoms with Gasteiger partial charge in [-0.15, -0.1) is 10.2 Å². The smallest absolute Gasteiger partial charge is 0.270 e. The number of carbonyl (C=O) groups is 1. The molecule has 27 heavy (non-hydrogen) atoms. The van der Waals surface area contributed by atoms with Crippen LogP contribution in [-0.2, 0) is 4.79 Å². The number of H-pyrrole nitrogens is 1. The number of amides is 1. The van der Waals surface area contributed by atoms with Gasteiger partial charge in [-0.2, -0.15) is 0 Å². The molecule has 1 aromatic heterocycles. The first kappa shape index (κ1) is 16.4. The Labute approximate surface area is 154 Å². The van der Waals surface area contributed by atoms with Gasteiger partial charge < -0.3 is 10.1 Å². The summed E-state index contributed by atoms with van der Waals surface area (Å²) in [6.07, 6.45) is 6.37. The van der Waals surface area contributed by atoms with Crippen LogP contribution in [0.4, 0.5) is 11.4 Å². The molecule has 4 saturated carbocycles. The Hall–Kier alpha value is -2.77. The van der Waals surface area contributed by atoms with Gasteiger partial charge in [0.05, 0.1) is 15.9 Å². The molecule has 4 aliphatic rings. The van der Waals surface area contributed by atoms with E-state index in [4.69, 9.17) is 0 Å². The topological polar surface area (TPSA) is 121 Å². The van der Waals surface area contributed by atoms with Crippen molar-refractivity contribution in [3.05, 3.63) is 28.3 Å². The summed E-state index contributed by atoms with van der Waals surface area (Å²) in [4.78, 5) is 26.2. The molecule has 0 radical (unpaired) electrons. The third-order valence-electron chi connectivity index (χ3n) is 6.68. The van der Waals surface area contributed by atoms with Crippen LogP contribution in [0.25, 0.3) is 10.9 Å². The van der Waals surface area contributed by atoms with Crippen LogP contribution in [0.1, 0.15) is 38.5 Å². The highest BCUT2D eigenvalue weighted by Gasteiger charge is 2.54. The number of aromatic hydroxyl groups is 1. The first-order valence-corrected chi connectivity index (χ1v) is 9.39. The van der Waals surface area contributed by atoms with Crippen LogP contribution < -0.4 is 0 Å². The molecule has 4 aliphatic carbocycles. The number of benzene rings is 1. The van der Waals surface area contributed by atoms with Gasteiger partial charge >= 0.3 is 0 Å². The quantitative estimate of drug-likeness (QED) is 0.467. The SMILES string of the molecule is O=C(N=Nc1c(O)[nH]c2ccc([N+](=O)[O-])cc12)C12CC3CC(CC(C3)C1)C2. The number of aromatic amines is 1. The lowest BCUT2D eigenvalue weighted by Crippen LogP contribution is -2.49. The first-order valence-electron chi connectivity index (χ1n) is 9.39. The van der Waals surface area contributed by atoms with E-state index in [0.29, 0.717) is 28.7 Å². The Balaban J connectivity index is 1.47. The summed E-state index contributed by atoms with van der Waals surface area (Å²) >= 11 is 0. The van der Waals surface area contributed by atoms with Crippen molar-refractivity contribution in [1.29, 1.82) is 0 Å². The fourth-order valence-corrected chi connectivity index (χ4v) is 5.94. The summed E-state index contributed by atoms with van der Waals surface area (Å²) in [5.41, 5.74) is 0.0813. The van der Waals surface area contributed by atoms with Gasteiger partial charge in [0, 0.05) is 17.5 Å². The summed E-state index contributed by atoms with van der Waals surface area (Å²) in [6.45, 7) is 0. The minimum absolute atomic E-state index is 0.0757. The molecule has 2 N–H and O–H groups in total. The lowest BCUT2D eigenvalue weighted by atomic mass is 9.49. The second-order valence-electron chi connectivity index (χ2n) is 8.51. The Morgan fingerprint density at radius 2 is 1.81 bits per heavy atom. The zero-order valence-electron chi connectivity index (χ0n) is 14.7. The van der Waals surface area contributed by atoms with Crippen LogP contribution in [0.3, 0.4) is 0 Å². The second-order valence-corrected chi connectivity index (χ2v) is 8.51. The predicted octanol–water partition coefficient (Wildman–Crippen LogP) is 4.61. The molecule has 0 aliphatic heterocycles. The Morgan fingerprint density at radius 1 is 1.19 bits per heavy atom. The van der Waals surface area contributed by atoms with E-state index in [1.54, 1.807) is 0 Å². The molecule has 2 aromatic rings. The van der Waals surface area contributed by atoms with E-state index in [1.807, 2.05) is 0 Å². The summed E-state index contributed by atoms with van der Waals surface area (Å²) < 4.78 is 0. The summed E-state index contributed by atoms with van der Waals surface area (Å²) in [5, 5.41) is 29.5. The highest BCUT2D eigenvalue weighted by atomic mass is 16.6. The van der Waals surface area contributed by atoms with Gasteiger partial charge in [0.15, 0.2) is 5.69 Å². The van der Waals surface area contributed by atoms with Crippen molar-refractivity contribution in [2.75, 3.05) is 0 Å². The maximum atomic E-state index is 13.0. The van der Waals surface area contributed by atoms with Gasteiger partial charge in [0.2, 0.25) is 5.88 Å². The maximum absolute atomic E-state index is 13.0. The molecule has 4 fully saturated rings. The molecular weight excluding hydrogens is 348 g/mol. The minimum Gasteiger partial charge on any atom is -0.493 e. The summed E-state index contributed by atoms with van der Waals surface area (Å²) in [7, 11) is 0. The fraction of sp³-hybridized carbons (Fsp3) is 0.526. The number of nitro groups is 1. The third-order valence-corrected chi connectivity index (χ3v) is 6.68. The molecule has 8 heteroatoms. The molecule has 140 valence electrons. The van der Waals surface area contributed by atoms with Gasteiger partial charge in [-0.25, -0.2) is 0 Å². The Bertz CT molecular complexity index is 958.